The van der Waals surface area contributed by atoms with Crippen LogP contribution >= 0.6 is 12.2 Å². The molecule has 0 atom stereocenters. The molecule has 15 heteroatoms. The van der Waals surface area contributed by atoms with Gasteiger partial charge in [0.05, 0.1) is 28.8 Å². The van der Waals surface area contributed by atoms with Crippen molar-refractivity contribution < 1.29 is 38.9 Å². The molecule has 0 saturated carbocycles. The Balaban J connectivity index is 1.74. The molecular weight excluding hydrogens is 616 g/mol. The molecule has 0 amide bonds. The second kappa shape index (κ2) is 19.5. The quantitative estimate of drug-likeness (QED) is 0.0702. The predicted molar refractivity (Wildman–Crippen MR) is 169 cm³/mol. The fourth-order valence-electron chi connectivity index (χ4n) is 4.51. The monoisotopic (exact) mass is 650 g/mol. The molecule has 0 aliphatic carbocycles. The number of nitrogens with zero attached hydrogens (tertiary/aromatic N) is 6. The highest BCUT2D eigenvalue weighted by molar-refractivity contribution is 7.78. The molecule has 1 aromatic carbocycles. The Morgan fingerprint density at radius 2 is 1.48 bits per heavy atom. The fraction of sp³-hybridized carbons (Fsp3) is 0.323. The number of hydrogen-bond donors (Lipinski definition) is 2. The van der Waals surface area contributed by atoms with E-state index in [2.05, 4.69) is 37.2 Å². The summed E-state index contributed by atoms with van der Waals surface area (Å²) < 4.78 is 9.85. The van der Waals surface area contributed by atoms with Crippen LogP contribution in [-0.2, 0) is 38.6 Å². The van der Waals surface area contributed by atoms with Gasteiger partial charge in [0.1, 0.15) is 12.4 Å². The largest absolute Gasteiger partial charge is 0.480 e. The average molecular weight is 651 g/mol. The van der Waals surface area contributed by atoms with Crippen LogP contribution in [0.25, 0.3) is 0 Å². The van der Waals surface area contributed by atoms with Gasteiger partial charge >= 0.3 is 11.9 Å². The van der Waals surface area contributed by atoms with Crippen LogP contribution in [0.2, 0.25) is 0 Å². The van der Waals surface area contributed by atoms with E-state index < -0.39 is 11.9 Å². The van der Waals surface area contributed by atoms with Crippen LogP contribution in [0.5, 0.6) is 5.88 Å². The van der Waals surface area contributed by atoms with Crippen LogP contribution in [0.3, 0.4) is 0 Å². The summed E-state index contributed by atoms with van der Waals surface area (Å²) >= 11 is 4.67. The van der Waals surface area contributed by atoms with E-state index in [0.29, 0.717) is 62.7 Å². The zero-order valence-electron chi connectivity index (χ0n) is 24.9. The van der Waals surface area contributed by atoms with E-state index in [0.717, 1.165) is 5.56 Å². The zero-order chi connectivity index (χ0) is 33.1. The molecule has 3 aromatic rings. The molecule has 2 N–H and O–H groups in total. The lowest BCUT2D eigenvalue weighted by molar-refractivity contribution is -0.138. The van der Waals surface area contributed by atoms with Gasteiger partial charge in [0, 0.05) is 51.9 Å². The lowest BCUT2D eigenvalue weighted by Crippen LogP contribution is -2.42. The second-order valence-electron chi connectivity index (χ2n) is 10.0. The van der Waals surface area contributed by atoms with Gasteiger partial charge in [0.25, 0.3) is 12.9 Å². The highest BCUT2D eigenvalue weighted by Crippen LogP contribution is 2.14. The fourth-order valence-corrected chi connectivity index (χ4v) is 4.62. The lowest BCUT2D eigenvalue weighted by atomic mass is 10.1. The van der Waals surface area contributed by atoms with Crippen molar-refractivity contribution >= 4 is 47.9 Å². The molecule has 0 fully saturated rings. The van der Waals surface area contributed by atoms with Crippen LogP contribution < -0.4 is 4.74 Å². The van der Waals surface area contributed by atoms with Gasteiger partial charge in [-0.1, -0.05) is 24.3 Å². The maximum absolute atomic E-state index is 11.7. The van der Waals surface area contributed by atoms with Crippen molar-refractivity contribution in [3.05, 3.63) is 83.3 Å². The summed E-state index contributed by atoms with van der Waals surface area (Å²) in [6.07, 6.45) is 0.681. The van der Waals surface area contributed by atoms with E-state index in [1.165, 1.54) is 12.1 Å². The molecule has 46 heavy (non-hydrogen) atoms. The van der Waals surface area contributed by atoms with E-state index >= 15 is 0 Å². The Hall–Kier alpha value is -4.92. The standard InChI is InChI=1S/C31H34N6O8S/c38-22-44-21-37(18-26-3-1-5-28(33-26)31(42)43)16-14-35(12-11-24-7-9-25(10-8-24)32-20-46)13-15-36(19-30(40)41)17-27-4-2-6-29(34-27)45-23-39/h1-10,22-23H,11-19,21H2,(H,40,41)(H,42,43). The molecule has 0 saturated heterocycles. The maximum atomic E-state index is 11.7. The number of aromatic carboxylic acids is 1. The lowest BCUT2D eigenvalue weighted by Gasteiger charge is -2.29. The minimum absolute atomic E-state index is 0.0335. The highest BCUT2D eigenvalue weighted by atomic mass is 32.1. The van der Waals surface area contributed by atoms with Crippen molar-refractivity contribution in [2.24, 2.45) is 4.99 Å². The average Bonchev–Trinajstić information content (AvgIpc) is 3.04. The number of aliphatic imine (C=N–C) groups is 1. The molecule has 242 valence electrons. The summed E-state index contributed by atoms with van der Waals surface area (Å²) in [5.74, 6) is -2.03. The molecule has 14 nitrogen and oxygen atoms in total. The van der Waals surface area contributed by atoms with Gasteiger partial charge in [-0.3, -0.25) is 24.2 Å². The Bertz CT molecular complexity index is 1500. The number of aliphatic carboxylic acids is 1. The molecule has 0 spiro atoms. The number of rotatable bonds is 22. The van der Waals surface area contributed by atoms with Crippen molar-refractivity contribution in [2.45, 2.75) is 19.5 Å². The summed E-state index contributed by atoms with van der Waals surface area (Å²) in [6.45, 7) is 3.22. The van der Waals surface area contributed by atoms with E-state index in [9.17, 15) is 29.4 Å². The van der Waals surface area contributed by atoms with Gasteiger partial charge < -0.3 is 24.6 Å². The summed E-state index contributed by atoms with van der Waals surface area (Å²) in [5, 5.41) is 21.2. The number of carbonyl (C=O) groups excluding carboxylic acids is 2. The van der Waals surface area contributed by atoms with Crippen molar-refractivity contribution in [3.63, 3.8) is 0 Å². The van der Waals surface area contributed by atoms with Crippen LogP contribution in [-0.4, -0.2) is 111 Å². The smallest absolute Gasteiger partial charge is 0.354 e. The number of ether oxygens (including phenoxy) is 2. The number of benzene rings is 1. The number of pyridine rings is 2. The third-order valence-electron chi connectivity index (χ3n) is 6.72. The van der Waals surface area contributed by atoms with Gasteiger partial charge in [0.2, 0.25) is 5.88 Å². The Morgan fingerprint density at radius 1 is 0.826 bits per heavy atom. The summed E-state index contributed by atoms with van der Waals surface area (Å²) in [6, 6.07) is 17.2. The zero-order valence-corrected chi connectivity index (χ0v) is 25.8. The molecule has 2 aromatic heterocycles. The number of aromatic nitrogens is 2. The molecule has 0 aliphatic heterocycles. The van der Waals surface area contributed by atoms with Crippen molar-refractivity contribution in [2.75, 3.05) is 46.0 Å². The van der Waals surface area contributed by atoms with Crippen LogP contribution in [0, 0.1) is 0 Å². The number of hydrogen-bond acceptors (Lipinski definition) is 13. The number of carbonyl (C=O) groups is 4. The Labute approximate surface area is 270 Å². The van der Waals surface area contributed by atoms with E-state index in [1.807, 2.05) is 29.2 Å². The molecule has 2 heterocycles. The summed E-state index contributed by atoms with van der Waals surface area (Å²) in [5.41, 5.74) is 2.71. The third-order valence-corrected chi connectivity index (χ3v) is 6.82. The first-order valence-corrected chi connectivity index (χ1v) is 14.6. The summed E-state index contributed by atoms with van der Waals surface area (Å²) in [4.78, 5) is 62.9. The normalized spacial score (nSPS) is 10.8. The predicted octanol–water partition coefficient (Wildman–Crippen LogP) is 2.51. The number of isothiocyanates is 1. The Kier molecular flexibility index (Phi) is 15.0. The minimum Gasteiger partial charge on any atom is -0.480 e. The van der Waals surface area contributed by atoms with Gasteiger partial charge in [-0.25, -0.2) is 14.8 Å². The van der Waals surface area contributed by atoms with Crippen LogP contribution in [0.4, 0.5) is 5.69 Å². The molecule has 0 aliphatic rings. The van der Waals surface area contributed by atoms with E-state index in [4.69, 9.17) is 9.47 Å². The van der Waals surface area contributed by atoms with Gasteiger partial charge in [-0.05, 0) is 54.5 Å². The molecule has 3 rings (SSSR count). The number of thiocarbonyl (C=S) groups is 1. The molecule has 0 radical (unpaired) electrons. The number of carboxylic acids is 2. The van der Waals surface area contributed by atoms with Gasteiger partial charge in [-0.2, -0.15) is 4.99 Å². The summed E-state index contributed by atoms with van der Waals surface area (Å²) in [7, 11) is 0. The van der Waals surface area contributed by atoms with E-state index in [1.54, 1.807) is 29.2 Å². The molecular formula is C31H34N6O8S. The SMILES string of the molecule is O=COCN(CCN(CCc1ccc(N=C=S)cc1)CCN(CC(=O)O)Cc1cccc(OC=O)n1)Cc1cccc(C(=O)O)n1. The van der Waals surface area contributed by atoms with Crippen LogP contribution in [0.1, 0.15) is 27.4 Å². The van der Waals surface area contributed by atoms with Crippen molar-refractivity contribution in [1.29, 1.82) is 0 Å². The second-order valence-corrected chi connectivity index (χ2v) is 10.2. The minimum atomic E-state index is -1.14. The van der Waals surface area contributed by atoms with Crippen LogP contribution in [0.15, 0.2) is 65.7 Å². The Morgan fingerprint density at radius 3 is 2.13 bits per heavy atom. The third kappa shape index (κ3) is 13.0. The van der Waals surface area contributed by atoms with Gasteiger partial charge in [-0.15, -0.1) is 0 Å². The van der Waals surface area contributed by atoms with E-state index in [-0.39, 0.29) is 44.4 Å². The first-order chi connectivity index (χ1) is 22.3. The first kappa shape index (κ1) is 35.6. The highest BCUT2D eigenvalue weighted by Gasteiger charge is 2.17. The van der Waals surface area contributed by atoms with Crippen molar-refractivity contribution in [3.8, 4) is 5.88 Å². The van der Waals surface area contributed by atoms with Crippen molar-refractivity contribution in [1.82, 2.24) is 24.7 Å². The maximum Gasteiger partial charge on any atom is 0.354 e. The molecule has 0 bridgehead atoms. The first-order valence-electron chi connectivity index (χ1n) is 14.2. The topological polar surface area (TPSA) is 175 Å². The van der Waals surface area contributed by atoms with Gasteiger partial charge in [0.15, 0.2) is 0 Å². The number of carboxylic acid groups (broad SMARTS) is 2. The molecule has 0 unspecified atom stereocenters.